The van der Waals surface area contributed by atoms with Gasteiger partial charge in [0, 0.05) is 11.8 Å². The van der Waals surface area contributed by atoms with Crippen LogP contribution in [-0.2, 0) is 6.42 Å². The molecule has 0 bridgehead atoms. The van der Waals surface area contributed by atoms with Crippen molar-refractivity contribution in [3.63, 3.8) is 0 Å². The Morgan fingerprint density at radius 2 is 2.27 bits per heavy atom. The zero-order valence-corrected chi connectivity index (χ0v) is 10.1. The molecule has 0 saturated carbocycles. The summed E-state index contributed by atoms with van der Waals surface area (Å²) in [5.41, 5.74) is 7.45. The molecule has 0 aliphatic carbocycles. The third-order valence-corrected chi connectivity index (χ3v) is 3.27. The first-order valence-corrected chi connectivity index (χ1v) is 5.96. The Bertz CT molecular complexity index is 484. The van der Waals surface area contributed by atoms with Crippen LogP contribution in [0.2, 0.25) is 0 Å². The molecule has 0 aliphatic heterocycles. The third-order valence-electron chi connectivity index (χ3n) is 1.94. The molecule has 1 heterocycles. The van der Waals surface area contributed by atoms with Crippen molar-refractivity contribution in [3.8, 4) is 0 Å². The summed E-state index contributed by atoms with van der Waals surface area (Å²) < 4.78 is 13.4. The monoisotopic (exact) mass is 286 g/mol. The number of benzene rings is 1. The molecule has 1 aromatic carbocycles. The molecule has 0 saturated heterocycles. The molecule has 2 nitrogen and oxygen atoms in total. The molecule has 78 valence electrons. The summed E-state index contributed by atoms with van der Waals surface area (Å²) in [6.45, 7) is 0. The van der Waals surface area contributed by atoms with Crippen LogP contribution >= 0.6 is 27.3 Å². The van der Waals surface area contributed by atoms with Gasteiger partial charge in [-0.3, -0.25) is 0 Å². The predicted molar refractivity (Wildman–Crippen MR) is 63.4 cm³/mol. The number of hydrogen-bond acceptors (Lipinski definition) is 3. The summed E-state index contributed by atoms with van der Waals surface area (Å²) in [5.74, 6) is -0.253. The van der Waals surface area contributed by atoms with Gasteiger partial charge >= 0.3 is 0 Å². The molecule has 0 atom stereocenters. The lowest BCUT2D eigenvalue weighted by Gasteiger charge is -2.00. The van der Waals surface area contributed by atoms with E-state index in [-0.39, 0.29) is 5.82 Å². The lowest BCUT2D eigenvalue weighted by atomic mass is 10.1. The molecular formula is C10H8BrFN2S. The number of aromatic nitrogens is 1. The highest BCUT2D eigenvalue weighted by atomic mass is 79.9. The summed E-state index contributed by atoms with van der Waals surface area (Å²) in [6, 6.07) is 4.94. The molecule has 2 rings (SSSR count). The van der Waals surface area contributed by atoms with Crippen molar-refractivity contribution in [2.45, 2.75) is 6.42 Å². The molecule has 15 heavy (non-hydrogen) atoms. The number of nitrogens with zero attached hydrogens (tertiary/aromatic N) is 1. The number of rotatable bonds is 2. The van der Waals surface area contributed by atoms with E-state index < -0.39 is 0 Å². The van der Waals surface area contributed by atoms with E-state index in [1.165, 1.54) is 17.4 Å². The number of halogens is 2. The molecule has 0 fully saturated rings. The standard InChI is InChI=1S/C10H8BrFN2S/c11-8-4-6(1-2-9(8)12)3-7-5-15-10(13)14-7/h1-2,4-5H,3H2,(H2,13,14). The summed E-state index contributed by atoms with van der Waals surface area (Å²) in [4.78, 5) is 4.15. The smallest absolute Gasteiger partial charge is 0.180 e. The van der Waals surface area contributed by atoms with Crippen LogP contribution in [0.5, 0.6) is 0 Å². The van der Waals surface area contributed by atoms with Crippen LogP contribution in [0.1, 0.15) is 11.3 Å². The highest BCUT2D eigenvalue weighted by Crippen LogP contribution is 2.20. The number of anilines is 1. The van der Waals surface area contributed by atoms with Crippen LogP contribution < -0.4 is 5.73 Å². The Morgan fingerprint density at radius 3 is 2.87 bits per heavy atom. The van der Waals surface area contributed by atoms with Gasteiger partial charge < -0.3 is 5.73 Å². The molecule has 2 aromatic rings. The lowest BCUT2D eigenvalue weighted by molar-refractivity contribution is 0.620. The molecular weight excluding hydrogens is 279 g/mol. The van der Waals surface area contributed by atoms with Gasteiger partial charge in [-0.2, -0.15) is 0 Å². The Hall–Kier alpha value is -0.940. The van der Waals surface area contributed by atoms with Gasteiger partial charge in [0.1, 0.15) is 5.82 Å². The molecule has 0 spiro atoms. The van der Waals surface area contributed by atoms with E-state index >= 15 is 0 Å². The van der Waals surface area contributed by atoms with Gasteiger partial charge in [0.15, 0.2) is 5.13 Å². The van der Waals surface area contributed by atoms with E-state index in [0.29, 0.717) is 16.0 Å². The van der Waals surface area contributed by atoms with Crippen LogP contribution in [0, 0.1) is 5.82 Å². The summed E-state index contributed by atoms with van der Waals surface area (Å²) in [7, 11) is 0. The van der Waals surface area contributed by atoms with Crippen LogP contribution in [0.4, 0.5) is 9.52 Å². The van der Waals surface area contributed by atoms with E-state index in [9.17, 15) is 4.39 Å². The topological polar surface area (TPSA) is 38.9 Å². The second-order valence-corrected chi connectivity index (χ2v) is 4.85. The van der Waals surface area contributed by atoms with Crippen molar-refractivity contribution in [2.75, 3.05) is 5.73 Å². The van der Waals surface area contributed by atoms with Crippen molar-refractivity contribution in [1.29, 1.82) is 0 Å². The summed E-state index contributed by atoms with van der Waals surface area (Å²) in [5, 5.41) is 2.47. The van der Waals surface area contributed by atoms with Crippen LogP contribution in [0.3, 0.4) is 0 Å². The first-order valence-electron chi connectivity index (χ1n) is 4.29. The van der Waals surface area contributed by atoms with E-state index in [2.05, 4.69) is 20.9 Å². The second kappa shape index (κ2) is 4.28. The average molecular weight is 287 g/mol. The largest absolute Gasteiger partial charge is 0.375 e. The third kappa shape index (κ3) is 2.54. The minimum Gasteiger partial charge on any atom is -0.375 e. The molecule has 0 radical (unpaired) electrons. The van der Waals surface area contributed by atoms with E-state index in [1.54, 1.807) is 12.1 Å². The molecule has 2 N–H and O–H groups in total. The lowest BCUT2D eigenvalue weighted by Crippen LogP contribution is -1.91. The maximum atomic E-state index is 13.0. The number of hydrogen-bond donors (Lipinski definition) is 1. The number of thiazole rings is 1. The van der Waals surface area contributed by atoms with Gasteiger partial charge in [-0.1, -0.05) is 6.07 Å². The zero-order valence-electron chi connectivity index (χ0n) is 7.71. The first kappa shape index (κ1) is 10.6. The molecule has 0 aliphatic rings. The number of nitrogen functional groups attached to an aromatic ring is 1. The maximum absolute atomic E-state index is 13.0. The minimum atomic E-state index is -0.253. The Labute approximate surface area is 99.1 Å². The van der Waals surface area contributed by atoms with Gasteiger partial charge in [0.2, 0.25) is 0 Å². The second-order valence-electron chi connectivity index (χ2n) is 3.10. The normalized spacial score (nSPS) is 10.5. The summed E-state index contributed by atoms with van der Waals surface area (Å²) >= 11 is 4.56. The fourth-order valence-corrected chi connectivity index (χ4v) is 2.25. The van der Waals surface area contributed by atoms with Crippen molar-refractivity contribution in [2.24, 2.45) is 0 Å². The van der Waals surface area contributed by atoms with Crippen molar-refractivity contribution >= 4 is 32.4 Å². The molecule has 5 heteroatoms. The maximum Gasteiger partial charge on any atom is 0.180 e. The number of nitrogens with two attached hydrogens (primary N) is 1. The SMILES string of the molecule is Nc1nc(Cc2ccc(F)c(Br)c2)cs1. The van der Waals surface area contributed by atoms with Gasteiger partial charge in [0.05, 0.1) is 10.2 Å². The van der Waals surface area contributed by atoms with Crippen LogP contribution in [0.25, 0.3) is 0 Å². The van der Waals surface area contributed by atoms with Crippen molar-refractivity contribution < 1.29 is 4.39 Å². The molecule has 1 aromatic heterocycles. The average Bonchev–Trinajstić information content (AvgIpc) is 2.58. The Kier molecular flexibility index (Phi) is 3.02. The fourth-order valence-electron chi connectivity index (χ4n) is 1.26. The van der Waals surface area contributed by atoms with Crippen molar-refractivity contribution in [1.82, 2.24) is 4.98 Å². The quantitative estimate of drug-likeness (QED) is 0.921. The Balaban J connectivity index is 2.21. The minimum absolute atomic E-state index is 0.253. The highest BCUT2D eigenvalue weighted by Gasteiger charge is 2.03. The first-order chi connectivity index (χ1) is 7.15. The molecule has 0 amide bonds. The van der Waals surface area contributed by atoms with E-state index in [1.807, 2.05) is 5.38 Å². The van der Waals surface area contributed by atoms with Gasteiger partial charge in [-0.15, -0.1) is 11.3 Å². The van der Waals surface area contributed by atoms with Crippen LogP contribution in [0.15, 0.2) is 28.1 Å². The predicted octanol–water partition coefficient (Wildman–Crippen LogP) is 3.22. The fraction of sp³-hybridized carbons (Fsp3) is 0.100. The van der Waals surface area contributed by atoms with Crippen LogP contribution in [-0.4, -0.2) is 4.98 Å². The van der Waals surface area contributed by atoms with E-state index in [4.69, 9.17) is 5.73 Å². The Morgan fingerprint density at radius 1 is 1.47 bits per heavy atom. The highest BCUT2D eigenvalue weighted by molar-refractivity contribution is 9.10. The van der Waals surface area contributed by atoms with E-state index in [0.717, 1.165) is 11.3 Å². The molecule has 0 unspecified atom stereocenters. The van der Waals surface area contributed by atoms with Gasteiger partial charge in [-0.25, -0.2) is 9.37 Å². The van der Waals surface area contributed by atoms with Gasteiger partial charge in [0.25, 0.3) is 0 Å². The zero-order chi connectivity index (χ0) is 10.8. The summed E-state index contributed by atoms with van der Waals surface area (Å²) in [6.07, 6.45) is 0.673. The van der Waals surface area contributed by atoms with Gasteiger partial charge in [-0.05, 0) is 33.6 Å². The van der Waals surface area contributed by atoms with Crippen molar-refractivity contribution in [3.05, 3.63) is 45.1 Å².